The van der Waals surface area contributed by atoms with Gasteiger partial charge in [0.1, 0.15) is 5.75 Å². The van der Waals surface area contributed by atoms with Crippen molar-refractivity contribution in [2.45, 2.75) is 33.1 Å². The van der Waals surface area contributed by atoms with Gasteiger partial charge in [0.05, 0.1) is 12.2 Å². The summed E-state index contributed by atoms with van der Waals surface area (Å²) in [6, 6.07) is 3.81. The molecule has 3 nitrogen and oxygen atoms in total. The minimum atomic E-state index is 0.116. The number of carbonyl (C=O) groups is 1. The van der Waals surface area contributed by atoms with Crippen LogP contribution in [0.3, 0.4) is 0 Å². The van der Waals surface area contributed by atoms with E-state index in [0.29, 0.717) is 6.61 Å². The second-order valence-electron chi connectivity index (χ2n) is 4.83. The fraction of sp³-hybridized carbons (Fsp3) is 0.533. The first-order chi connectivity index (χ1) is 9.15. The quantitative estimate of drug-likeness (QED) is 0.846. The molecule has 1 heterocycles. The molecule has 19 heavy (non-hydrogen) atoms. The van der Waals surface area contributed by atoms with Gasteiger partial charge in [0, 0.05) is 23.1 Å². The predicted molar refractivity (Wildman–Crippen MR) is 79.8 cm³/mol. The summed E-state index contributed by atoms with van der Waals surface area (Å²) >= 11 is 3.50. The number of piperidine rings is 1. The molecule has 0 aromatic heterocycles. The third-order valence-electron chi connectivity index (χ3n) is 3.52. The zero-order chi connectivity index (χ0) is 13.8. The highest BCUT2D eigenvalue weighted by Crippen LogP contribution is 2.30. The topological polar surface area (TPSA) is 29.5 Å². The molecule has 0 N–H and O–H groups in total. The average molecular weight is 326 g/mol. The smallest absolute Gasteiger partial charge is 0.255 e. The number of hydrogen-bond acceptors (Lipinski definition) is 2. The van der Waals surface area contributed by atoms with Gasteiger partial charge < -0.3 is 9.64 Å². The lowest BCUT2D eigenvalue weighted by Crippen LogP contribution is -2.36. The maximum absolute atomic E-state index is 12.6. The number of rotatable bonds is 3. The lowest BCUT2D eigenvalue weighted by molar-refractivity contribution is 0.0722. The monoisotopic (exact) mass is 325 g/mol. The van der Waals surface area contributed by atoms with E-state index in [1.807, 2.05) is 30.9 Å². The molecule has 1 aromatic rings. The Morgan fingerprint density at radius 1 is 1.32 bits per heavy atom. The number of hydrogen-bond donors (Lipinski definition) is 0. The molecule has 4 heteroatoms. The van der Waals surface area contributed by atoms with Gasteiger partial charge in [-0.15, -0.1) is 0 Å². The molecule has 1 aromatic carbocycles. The fourth-order valence-electron chi connectivity index (χ4n) is 2.49. The van der Waals surface area contributed by atoms with Gasteiger partial charge >= 0.3 is 0 Å². The van der Waals surface area contributed by atoms with E-state index >= 15 is 0 Å². The van der Waals surface area contributed by atoms with Gasteiger partial charge in [-0.1, -0.05) is 0 Å². The van der Waals surface area contributed by atoms with Gasteiger partial charge in [0.2, 0.25) is 0 Å². The molecular formula is C15H20BrNO2. The summed E-state index contributed by atoms with van der Waals surface area (Å²) in [4.78, 5) is 14.6. The van der Waals surface area contributed by atoms with E-state index in [9.17, 15) is 4.79 Å². The van der Waals surface area contributed by atoms with Crippen LogP contribution in [-0.2, 0) is 0 Å². The van der Waals surface area contributed by atoms with Crippen molar-refractivity contribution >= 4 is 21.8 Å². The number of carbonyl (C=O) groups excluding carboxylic acids is 1. The van der Waals surface area contributed by atoms with Crippen molar-refractivity contribution < 1.29 is 9.53 Å². The van der Waals surface area contributed by atoms with Crippen LogP contribution in [0.25, 0.3) is 0 Å². The summed E-state index contributed by atoms with van der Waals surface area (Å²) < 4.78 is 6.43. The lowest BCUT2D eigenvalue weighted by atomic mass is 10.0. The Bertz CT molecular complexity index is 467. The summed E-state index contributed by atoms with van der Waals surface area (Å²) in [5, 5.41) is 0. The van der Waals surface area contributed by atoms with Crippen molar-refractivity contribution in [3.8, 4) is 5.75 Å². The summed E-state index contributed by atoms with van der Waals surface area (Å²) in [7, 11) is 0. The van der Waals surface area contributed by atoms with Gasteiger partial charge in [-0.05, 0) is 61.2 Å². The van der Waals surface area contributed by atoms with E-state index < -0.39 is 0 Å². The summed E-state index contributed by atoms with van der Waals surface area (Å²) in [6.07, 6.45) is 3.43. The second kappa shape index (κ2) is 6.42. The highest BCUT2D eigenvalue weighted by Gasteiger charge is 2.23. The molecule has 0 aliphatic carbocycles. The van der Waals surface area contributed by atoms with Crippen molar-refractivity contribution in [3.63, 3.8) is 0 Å². The summed E-state index contributed by atoms with van der Waals surface area (Å²) in [5.41, 5.74) is 1.67. The van der Waals surface area contributed by atoms with Gasteiger partial charge in [-0.2, -0.15) is 0 Å². The van der Waals surface area contributed by atoms with Crippen molar-refractivity contribution in [2.75, 3.05) is 19.7 Å². The number of benzene rings is 1. The first-order valence-electron chi connectivity index (χ1n) is 6.86. The van der Waals surface area contributed by atoms with Crippen molar-refractivity contribution in [3.05, 3.63) is 27.7 Å². The van der Waals surface area contributed by atoms with Crippen LogP contribution in [0.1, 0.15) is 42.1 Å². The van der Waals surface area contributed by atoms with Crippen LogP contribution in [0.5, 0.6) is 5.75 Å². The third kappa shape index (κ3) is 3.11. The Morgan fingerprint density at radius 3 is 2.63 bits per heavy atom. The zero-order valence-electron chi connectivity index (χ0n) is 11.5. The molecule has 104 valence electrons. The zero-order valence-corrected chi connectivity index (χ0v) is 13.1. The normalized spacial score (nSPS) is 15.4. The van der Waals surface area contributed by atoms with Gasteiger partial charge in [-0.3, -0.25) is 4.79 Å². The van der Waals surface area contributed by atoms with Crippen LogP contribution in [-0.4, -0.2) is 30.5 Å². The Kier molecular flexibility index (Phi) is 4.86. The molecule has 1 saturated heterocycles. The summed E-state index contributed by atoms with van der Waals surface area (Å²) in [5.74, 6) is 0.914. The molecular weight excluding hydrogens is 306 g/mol. The maximum atomic E-state index is 12.6. The standard InChI is InChI=1S/C15H20BrNO2/c1-3-19-13-8-7-12(16)14(11(13)2)15(18)17-9-5-4-6-10-17/h7-8H,3-6,9-10H2,1-2H3. The molecule has 0 radical (unpaired) electrons. The molecule has 0 bridgehead atoms. The van der Waals surface area contributed by atoms with Crippen LogP contribution >= 0.6 is 15.9 Å². The van der Waals surface area contributed by atoms with E-state index in [-0.39, 0.29) is 5.91 Å². The Labute approximate surface area is 123 Å². The lowest BCUT2D eigenvalue weighted by Gasteiger charge is -2.28. The van der Waals surface area contributed by atoms with E-state index in [4.69, 9.17) is 4.74 Å². The molecule has 1 amide bonds. The van der Waals surface area contributed by atoms with E-state index in [2.05, 4.69) is 15.9 Å². The number of nitrogens with zero attached hydrogens (tertiary/aromatic N) is 1. The Morgan fingerprint density at radius 2 is 2.00 bits per heavy atom. The molecule has 1 fully saturated rings. The number of ether oxygens (including phenoxy) is 1. The highest BCUT2D eigenvalue weighted by molar-refractivity contribution is 9.10. The van der Waals surface area contributed by atoms with Crippen molar-refractivity contribution in [2.24, 2.45) is 0 Å². The van der Waals surface area contributed by atoms with E-state index in [1.165, 1.54) is 6.42 Å². The highest BCUT2D eigenvalue weighted by atomic mass is 79.9. The minimum absolute atomic E-state index is 0.116. The molecule has 0 atom stereocenters. The SMILES string of the molecule is CCOc1ccc(Br)c(C(=O)N2CCCCC2)c1C. The van der Waals surface area contributed by atoms with Crippen LogP contribution in [0.15, 0.2) is 16.6 Å². The molecule has 0 unspecified atom stereocenters. The predicted octanol–water partition coefficient (Wildman–Crippen LogP) is 3.78. The van der Waals surface area contributed by atoms with Crippen LogP contribution in [0, 0.1) is 6.92 Å². The Balaban J connectivity index is 2.31. The van der Waals surface area contributed by atoms with Crippen molar-refractivity contribution in [1.82, 2.24) is 4.90 Å². The van der Waals surface area contributed by atoms with Crippen LogP contribution < -0.4 is 4.74 Å². The first-order valence-corrected chi connectivity index (χ1v) is 7.65. The van der Waals surface area contributed by atoms with Crippen LogP contribution in [0.2, 0.25) is 0 Å². The Hall–Kier alpha value is -1.03. The number of amides is 1. The number of likely N-dealkylation sites (tertiary alicyclic amines) is 1. The van der Waals surface area contributed by atoms with Gasteiger partial charge in [-0.25, -0.2) is 0 Å². The first kappa shape index (κ1) is 14.4. The third-order valence-corrected chi connectivity index (χ3v) is 4.18. The molecule has 0 saturated carbocycles. The molecule has 1 aliphatic heterocycles. The number of halogens is 1. The maximum Gasteiger partial charge on any atom is 0.255 e. The minimum Gasteiger partial charge on any atom is -0.494 e. The molecule has 0 spiro atoms. The second-order valence-corrected chi connectivity index (χ2v) is 5.69. The van der Waals surface area contributed by atoms with Gasteiger partial charge in [0.25, 0.3) is 5.91 Å². The molecule has 1 aliphatic rings. The van der Waals surface area contributed by atoms with Crippen LogP contribution in [0.4, 0.5) is 0 Å². The van der Waals surface area contributed by atoms with Crippen molar-refractivity contribution in [1.29, 1.82) is 0 Å². The largest absolute Gasteiger partial charge is 0.494 e. The van der Waals surface area contributed by atoms with Gasteiger partial charge in [0.15, 0.2) is 0 Å². The fourth-order valence-corrected chi connectivity index (χ4v) is 3.09. The molecule has 2 rings (SSSR count). The van der Waals surface area contributed by atoms with E-state index in [0.717, 1.165) is 47.3 Å². The summed E-state index contributed by atoms with van der Waals surface area (Å²) in [6.45, 7) is 6.24. The van der Waals surface area contributed by atoms with E-state index in [1.54, 1.807) is 0 Å². The average Bonchev–Trinajstić information content (AvgIpc) is 2.43.